The number of anilines is 2. The second kappa shape index (κ2) is 5.01. The number of hydrogen-bond donors (Lipinski definition) is 2. The number of amides is 1. The van der Waals surface area contributed by atoms with E-state index in [1.165, 1.54) is 0 Å². The standard InChI is InChI=1S/C12H11ClN4O/c1-7-6-10(13)16-12(15-7)17-11(18)8-4-2-3-5-9(8)14/h2-6H,14H2,1H3,(H,15,16,17,18). The second-order valence-electron chi connectivity index (χ2n) is 3.70. The molecule has 0 spiro atoms. The molecule has 0 saturated heterocycles. The van der Waals surface area contributed by atoms with E-state index in [2.05, 4.69) is 15.3 Å². The third-order valence-electron chi connectivity index (χ3n) is 2.25. The van der Waals surface area contributed by atoms with Crippen molar-refractivity contribution in [3.63, 3.8) is 0 Å². The number of nitrogen functional groups attached to an aromatic ring is 1. The minimum Gasteiger partial charge on any atom is -0.398 e. The van der Waals surface area contributed by atoms with E-state index in [9.17, 15) is 4.79 Å². The monoisotopic (exact) mass is 262 g/mol. The fraction of sp³-hybridized carbons (Fsp3) is 0.0833. The summed E-state index contributed by atoms with van der Waals surface area (Å²) >= 11 is 5.78. The summed E-state index contributed by atoms with van der Waals surface area (Å²) < 4.78 is 0. The van der Waals surface area contributed by atoms with Gasteiger partial charge in [-0.15, -0.1) is 0 Å². The summed E-state index contributed by atoms with van der Waals surface area (Å²) in [4.78, 5) is 19.9. The summed E-state index contributed by atoms with van der Waals surface area (Å²) in [5.74, 6) is -0.206. The number of halogens is 1. The SMILES string of the molecule is Cc1cc(Cl)nc(NC(=O)c2ccccc2N)n1. The molecule has 0 fully saturated rings. The predicted octanol–water partition coefficient (Wildman–Crippen LogP) is 2.27. The topological polar surface area (TPSA) is 80.9 Å². The van der Waals surface area contributed by atoms with Gasteiger partial charge in [0.05, 0.1) is 5.56 Å². The van der Waals surface area contributed by atoms with Gasteiger partial charge in [0.2, 0.25) is 5.95 Å². The van der Waals surface area contributed by atoms with Crippen molar-refractivity contribution in [1.82, 2.24) is 9.97 Å². The second-order valence-corrected chi connectivity index (χ2v) is 4.08. The number of aromatic nitrogens is 2. The Hall–Kier alpha value is -2.14. The highest BCUT2D eigenvalue weighted by Gasteiger charge is 2.11. The minimum atomic E-state index is -0.366. The molecule has 0 radical (unpaired) electrons. The van der Waals surface area contributed by atoms with Crippen LogP contribution in [0.15, 0.2) is 30.3 Å². The molecule has 18 heavy (non-hydrogen) atoms. The zero-order valence-electron chi connectivity index (χ0n) is 9.64. The van der Waals surface area contributed by atoms with Crippen LogP contribution >= 0.6 is 11.6 Å². The number of aryl methyl sites for hydroxylation is 1. The first kappa shape index (κ1) is 12.3. The van der Waals surface area contributed by atoms with Gasteiger partial charge in [0.1, 0.15) is 5.15 Å². The number of carbonyl (C=O) groups is 1. The van der Waals surface area contributed by atoms with Crippen LogP contribution < -0.4 is 11.1 Å². The molecule has 92 valence electrons. The Labute approximate surface area is 109 Å². The van der Waals surface area contributed by atoms with Crippen LogP contribution in [0.25, 0.3) is 0 Å². The Morgan fingerprint density at radius 3 is 2.72 bits per heavy atom. The lowest BCUT2D eigenvalue weighted by Crippen LogP contribution is -2.16. The molecule has 2 rings (SSSR count). The Morgan fingerprint density at radius 2 is 2.06 bits per heavy atom. The highest BCUT2D eigenvalue weighted by Crippen LogP contribution is 2.14. The fourth-order valence-corrected chi connectivity index (χ4v) is 1.70. The van der Waals surface area contributed by atoms with Crippen molar-refractivity contribution >= 4 is 29.1 Å². The number of nitrogens with zero attached hydrogens (tertiary/aromatic N) is 2. The third kappa shape index (κ3) is 2.75. The number of carbonyl (C=O) groups excluding carboxylic acids is 1. The van der Waals surface area contributed by atoms with Gasteiger partial charge in [-0.3, -0.25) is 10.1 Å². The number of rotatable bonds is 2. The van der Waals surface area contributed by atoms with E-state index in [1.807, 2.05) is 0 Å². The summed E-state index contributed by atoms with van der Waals surface area (Å²) in [7, 11) is 0. The quantitative estimate of drug-likeness (QED) is 0.643. The van der Waals surface area contributed by atoms with Crippen molar-refractivity contribution in [2.45, 2.75) is 6.92 Å². The molecule has 0 aliphatic heterocycles. The van der Waals surface area contributed by atoms with Crippen LogP contribution in [0.2, 0.25) is 5.15 Å². The zero-order valence-corrected chi connectivity index (χ0v) is 10.4. The van der Waals surface area contributed by atoms with Gasteiger partial charge in [0, 0.05) is 11.4 Å². The highest BCUT2D eigenvalue weighted by molar-refractivity contribution is 6.29. The summed E-state index contributed by atoms with van der Waals surface area (Å²) in [6.45, 7) is 1.76. The number of nitrogens with two attached hydrogens (primary N) is 1. The van der Waals surface area contributed by atoms with Crippen molar-refractivity contribution in [1.29, 1.82) is 0 Å². The van der Waals surface area contributed by atoms with Gasteiger partial charge in [0.25, 0.3) is 5.91 Å². The molecule has 0 bridgehead atoms. The number of para-hydroxylation sites is 1. The van der Waals surface area contributed by atoms with Gasteiger partial charge < -0.3 is 5.73 Å². The zero-order chi connectivity index (χ0) is 13.1. The van der Waals surface area contributed by atoms with Crippen LogP contribution in [0.3, 0.4) is 0 Å². The Balaban J connectivity index is 2.24. The maximum atomic E-state index is 11.9. The average molecular weight is 263 g/mol. The molecule has 0 atom stereocenters. The van der Waals surface area contributed by atoms with Crippen LogP contribution in [-0.4, -0.2) is 15.9 Å². The first-order valence-electron chi connectivity index (χ1n) is 5.23. The Bertz CT molecular complexity index is 580. The van der Waals surface area contributed by atoms with Crippen molar-refractivity contribution in [2.24, 2.45) is 0 Å². The van der Waals surface area contributed by atoms with Gasteiger partial charge in [-0.05, 0) is 25.1 Å². The third-order valence-corrected chi connectivity index (χ3v) is 2.45. The molecule has 1 amide bonds. The molecular weight excluding hydrogens is 252 g/mol. The van der Waals surface area contributed by atoms with Crippen molar-refractivity contribution in [3.05, 3.63) is 46.7 Å². The summed E-state index contributed by atoms with van der Waals surface area (Å²) in [6, 6.07) is 8.37. The molecule has 0 aliphatic rings. The van der Waals surface area contributed by atoms with E-state index in [1.54, 1.807) is 37.3 Å². The lowest BCUT2D eigenvalue weighted by molar-refractivity contribution is 0.102. The van der Waals surface area contributed by atoms with Gasteiger partial charge in [0.15, 0.2) is 0 Å². The van der Waals surface area contributed by atoms with E-state index in [-0.39, 0.29) is 17.0 Å². The molecule has 0 unspecified atom stereocenters. The average Bonchev–Trinajstić information content (AvgIpc) is 2.27. The molecule has 2 aromatic rings. The summed E-state index contributed by atoms with van der Waals surface area (Å²) in [5, 5.41) is 2.83. The van der Waals surface area contributed by atoms with E-state index in [0.717, 1.165) is 0 Å². The van der Waals surface area contributed by atoms with E-state index in [0.29, 0.717) is 16.9 Å². The maximum absolute atomic E-state index is 11.9. The minimum absolute atomic E-state index is 0.160. The Kier molecular flexibility index (Phi) is 3.43. The molecule has 0 aliphatic carbocycles. The first-order valence-corrected chi connectivity index (χ1v) is 5.61. The van der Waals surface area contributed by atoms with Gasteiger partial charge in [-0.25, -0.2) is 9.97 Å². The van der Waals surface area contributed by atoms with Crippen molar-refractivity contribution in [3.8, 4) is 0 Å². The number of benzene rings is 1. The van der Waals surface area contributed by atoms with E-state index < -0.39 is 0 Å². The summed E-state index contributed by atoms with van der Waals surface area (Å²) in [5.41, 5.74) is 7.15. The molecule has 0 saturated carbocycles. The Morgan fingerprint density at radius 1 is 1.33 bits per heavy atom. The largest absolute Gasteiger partial charge is 0.398 e. The molecule has 1 aromatic heterocycles. The van der Waals surface area contributed by atoms with E-state index >= 15 is 0 Å². The smallest absolute Gasteiger partial charge is 0.260 e. The van der Waals surface area contributed by atoms with E-state index in [4.69, 9.17) is 17.3 Å². The van der Waals surface area contributed by atoms with Crippen LogP contribution in [0.5, 0.6) is 0 Å². The molecule has 1 heterocycles. The van der Waals surface area contributed by atoms with Gasteiger partial charge in [-0.1, -0.05) is 23.7 Å². The highest BCUT2D eigenvalue weighted by atomic mass is 35.5. The predicted molar refractivity (Wildman–Crippen MR) is 70.6 cm³/mol. The first-order chi connectivity index (χ1) is 8.56. The normalized spacial score (nSPS) is 10.1. The fourth-order valence-electron chi connectivity index (χ4n) is 1.46. The number of hydrogen-bond acceptors (Lipinski definition) is 4. The summed E-state index contributed by atoms with van der Waals surface area (Å²) in [6.07, 6.45) is 0. The van der Waals surface area contributed by atoms with Crippen LogP contribution in [-0.2, 0) is 0 Å². The van der Waals surface area contributed by atoms with Gasteiger partial charge in [-0.2, -0.15) is 0 Å². The molecule has 6 heteroatoms. The lowest BCUT2D eigenvalue weighted by atomic mass is 10.2. The molecule has 3 N–H and O–H groups in total. The van der Waals surface area contributed by atoms with Crippen LogP contribution in [0.4, 0.5) is 11.6 Å². The molecular formula is C12H11ClN4O. The van der Waals surface area contributed by atoms with Crippen molar-refractivity contribution in [2.75, 3.05) is 11.1 Å². The van der Waals surface area contributed by atoms with Crippen LogP contribution in [0, 0.1) is 6.92 Å². The molecule has 5 nitrogen and oxygen atoms in total. The lowest BCUT2D eigenvalue weighted by Gasteiger charge is -2.06. The van der Waals surface area contributed by atoms with Crippen molar-refractivity contribution < 1.29 is 4.79 Å². The molecule has 1 aromatic carbocycles. The van der Waals surface area contributed by atoms with Gasteiger partial charge >= 0.3 is 0 Å². The number of nitrogens with one attached hydrogen (secondary N) is 1. The maximum Gasteiger partial charge on any atom is 0.260 e. The van der Waals surface area contributed by atoms with Crippen LogP contribution in [0.1, 0.15) is 16.1 Å².